The number of halogens is 6. The summed E-state index contributed by atoms with van der Waals surface area (Å²) in [5, 5.41) is 0. The zero-order valence-corrected chi connectivity index (χ0v) is 8.65. The molecule has 62 valence electrons. The molecule has 0 aliphatic rings. The summed E-state index contributed by atoms with van der Waals surface area (Å²) < 4.78 is 0. The van der Waals surface area contributed by atoms with Crippen molar-refractivity contribution in [3.8, 4) is 0 Å². The zero-order chi connectivity index (χ0) is 0. The van der Waals surface area contributed by atoms with Crippen molar-refractivity contribution in [1.29, 1.82) is 0 Å². The Morgan fingerprint density at radius 1 is 0.375 bits per heavy atom. The van der Waals surface area contributed by atoms with Gasteiger partial charge < -0.3 is 0 Å². The standard InChI is InChI=1S/6FH.Pb.H4Si.2H/h6*1H;;1H4;;. The van der Waals surface area contributed by atoms with Crippen LogP contribution in [0.2, 0.25) is 0 Å². The van der Waals surface area contributed by atoms with Crippen LogP contribution in [0.25, 0.3) is 0 Å². The van der Waals surface area contributed by atoms with Gasteiger partial charge in [0.25, 0.3) is 0 Å². The van der Waals surface area contributed by atoms with Gasteiger partial charge in [-0.2, -0.15) is 0 Å². The summed E-state index contributed by atoms with van der Waals surface area (Å²) in [5.74, 6) is 0. The summed E-state index contributed by atoms with van der Waals surface area (Å²) in [7, 11) is 0. The monoisotopic (exact) mass is 362 g/mol. The Morgan fingerprint density at radius 2 is 0.375 bits per heavy atom. The van der Waals surface area contributed by atoms with Crippen LogP contribution < -0.4 is 0 Å². The third kappa shape index (κ3) is 425. The van der Waals surface area contributed by atoms with E-state index in [0.29, 0.717) is 0 Å². The molecule has 8 heteroatoms. The summed E-state index contributed by atoms with van der Waals surface area (Å²) >= 11 is 0. The molecular weight excluding hydrogens is 349 g/mol. The molecule has 0 saturated carbocycles. The van der Waals surface area contributed by atoms with E-state index in [2.05, 4.69) is 0 Å². The van der Waals surface area contributed by atoms with E-state index in [1.54, 1.807) is 0 Å². The fraction of sp³-hybridized carbons (Fsp3) is 0. The molecule has 0 spiro atoms. The summed E-state index contributed by atoms with van der Waals surface area (Å²) in [5.41, 5.74) is 0. The molecule has 0 aliphatic carbocycles. The fourth-order valence-corrected chi connectivity index (χ4v) is 0. The van der Waals surface area contributed by atoms with E-state index in [-0.39, 0.29) is 66.5 Å². The van der Waals surface area contributed by atoms with E-state index in [1.165, 1.54) is 0 Å². The van der Waals surface area contributed by atoms with Crippen LogP contribution in [0.3, 0.4) is 0 Å². The predicted octanol–water partition coefficient (Wildman–Crippen LogP) is -1.45. The van der Waals surface area contributed by atoms with Gasteiger partial charge in [0.1, 0.15) is 0 Å². The number of rotatable bonds is 0. The van der Waals surface area contributed by atoms with Crippen molar-refractivity contribution in [1.82, 2.24) is 0 Å². The van der Waals surface area contributed by atoms with Crippen molar-refractivity contribution in [2.45, 2.75) is 0 Å². The molecule has 0 nitrogen and oxygen atoms in total. The molecule has 0 saturated heterocycles. The molecule has 0 atom stereocenters. The van der Waals surface area contributed by atoms with Gasteiger partial charge in [-0.15, -0.1) is 0 Å². The Labute approximate surface area is 66.8 Å². The van der Waals surface area contributed by atoms with Crippen LogP contribution in [0.15, 0.2) is 0 Å². The van der Waals surface area contributed by atoms with Crippen LogP contribution in [-0.2, 0) is 0 Å². The second-order valence-electron chi connectivity index (χ2n) is 0. The summed E-state index contributed by atoms with van der Waals surface area (Å²) in [6.45, 7) is 0. The molecule has 0 rings (SSSR count). The van der Waals surface area contributed by atoms with Crippen molar-refractivity contribution in [2.75, 3.05) is 0 Å². The largest absolute Gasteiger partial charge is 0.0149 e. The van der Waals surface area contributed by atoms with E-state index in [4.69, 9.17) is 0 Å². The SMILES string of the molecule is F.F.F.F.F.F.[PbH2].[SiH4]. The number of hydrogen-bond acceptors (Lipinski definition) is 0. The topological polar surface area (TPSA) is 0 Å². The van der Waals surface area contributed by atoms with Gasteiger partial charge in [0.05, 0.1) is 0 Å². The van der Waals surface area contributed by atoms with E-state index < -0.39 is 0 Å². The van der Waals surface area contributed by atoms with Gasteiger partial charge in [-0.1, -0.05) is 0 Å². The molecule has 0 unspecified atom stereocenters. The van der Waals surface area contributed by atoms with Crippen LogP contribution in [-0.4, -0.2) is 38.3 Å². The average molecular weight is 361 g/mol. The minimum absolute atomic E-state index is 0. The molecule has 0 N–H and O–H groups in total. The first kappa shape index (κ1) is 1010. The van der Waals surface area contributed by atoms with Crippen LogP contribution in [0.1, 0.15) is 0 Å². The van der Waals surface area contributed by atoms with Crippen LogP contribution in [0, 0.1) is 0 Å². The third-order valence-corrected chi connectivity index (χ3v) is 0. The molecular formula is H12F6PbSi. The van der Waals surface area contributed by atoms with Gasteiger partial charge >= 0.3 is 27.3 Å². The van der Waals surface area contributed by atoms with Gasteiger partial charge in [0, 0.05) is 0 Å². The second kappa shape index (κ2) is 674. The Morgan fingerprint density at radius 3 is 0.375 bits per heavy atom. The van der Waals surface area contributed by atoms with Crippen molar-refractivity contribution >= 4 is 38.3 Å². The molecule has 0 fully saturated rings. The molecule has 0 aliphatic heterocycles. The zero-order valence-electron chi connectivity index (χ0n) is 3.16. The number of hydrogen-bond donors (Lipinski definition) is 0. The van der Waals surface area contributed by atoms with Crippen LogP contribution in [0.5, 0.6) is 0 Å². The Balaban J connectivity index is 0. The van der Waals surface area contributed by atoms with Crippen molar-refractivity contribution in [3.05, 3.63) is 0 Å². The quantitative estimate of drug-likeness (QED) is 0.366. The van der Waals surface area contributed by atoms with Crippen LogP contribution >= 0.6 is 0 Å². The van der Waals surface area contributed by atoms with Gasteiger partial charge in [0.15, 0.2) is 0 Å². The maximum Gasteiger partial charge on any atom is -0.0149 e. The maximum atomic E-state index is 0. The Kier molecular flexibility index (Phi) is 84700. The van der Waals surface area contributed by atoms with Gasteiger partial charge in [-0.05, 0) is 11.0 Å². The molecule has 0 aromatic rings. The minimum Gasteiger partial charge on any atom is -0.0149 e. The maximum absolute atomic E-state index is 0. The molecule has 0 aromatic heterocycles. The van der Waals surface area contributed by atoms with Gasteiger partial charge in [-0.25, -0.2) is 0 Å². The predicted molar refractivity (Wildman–Crippen MR) is 34.9 cm³/mol. The van der Waals surface area contributed by atoms with E-state index in [9.17, 15) is 0 Å². The Hall–Kier alpha value is 0.719. The van der Waals surface area contributed by atoms with Crippen LogP contribution in [0.4, 0.5) is 28.2 Å². The first-order valence-corrected chi connectivity index (χ1v) is 0. The van der Waals surface area contributed by atoms with Crippen molar-refractivity contribution in [2.24, 2.45) is 0 Å². The first-order valence-electron chi connectivity index (χ1n) is 0. The second-order valence-corrected chi connectivity index (χ2v) is 0. The molecule has 0 heterocycles. The third-order valence-electron chi connectivity index (χ3n) is 0. The van der Waals surface area contributed by atoms with Crippen molar-refractivity contribution < 1.29 is 28.2 Å². The van der Waals surface area contributed by atoms with E-state index in [0.717, 1.165) is 0 Å². The molecule has 0 aromatic carbocycles. The molecule has 2 radical (unpaired) electrons. The molecule has 0 bridgehead atoms. The normalized spacial score (nSPS) is 0. The Bertz CT molecular complexity index is 8.49. The van der Waals surface area contributed by atoms with E-state index in [1.807, 2.05) is 0 Å². The van der Waals surface area contributed by atoms with Gasteiger partial charge in [-0.3, -0.25) is 28.2 Å². The van der Waals surface area contributed by atoms with E-state index >= 15 is 0 Å². The summed E-state index contributed by atoms with van der Waals surface area (Å²) in [6.07, 6.45) is 0. The smallest absolute Gasteiger partial charge is 0.0149 e. The molecule has 0 amide bonds. The summed E-state index contributed by atoms with van der Waals surface area (Å²) in [6, 6.07) is 0. The average Bonchev–Trinajstić information content (AvgIpc) is 0. The fourth-order valence-electron chi connectivity index (χ4n) is 0. The van der Waals surface area contributed by atoms with Crippen molar-refractivity contribution in [3.63, 3.8) is 0 Å². The minimum atomic E-state index is 0. The first-order chi connectivity index (χ1) is 0. The summed E-state index contributed by atoms with van der Waals surface area (Å²) in [4.78, 5) is 0. The molecule has 8 heavy (non-hydrogen) atoms. The van der Waals surface area contributed by atoms with Gasteiger partial charge in [0.2, 0.25) is 0 Å².